The Morgan fingerprint density at radius 2 is 1.96 bits per heavy atom. The van der Waals surface area contributed by atoms with E-state index in [2.05, 4.69) is 6.92 Å². The molecule has 0 saturated heterocycles. The number of unbranched alkanes of at least 4 members (excludes halogenated alkanes) is 1. The van der Waals surface area contributed by atoms with Gasteiger partial charge < -0.3 is 14.9 Å². The number of phenols is 1. The lowest BCUT2D eigenvalue weighted by Gasteiger charge is -2.12. The number of ether oxygens (including phenoxy) is 1. The molecule has 0 fully saturated rings. The van der Waals surface area contributed by atoms with Crippen molar-refractivity contribution in [1.82, 2.24) is 0 Å². The third-order valence-electron chi connectivity index (χ3n) is 3.75. The van der Waals surface area contributed by atoms with E-state index in [0.29, 0.717) is 11.5 Å². The summed E-state index contributed by atoms with van der Waals surface area (Å²) in [5.74, 6) is 1.42. The fourth-order valence-corrected chi connectivity index (χ4v) is 3.71. The highest BCUT2D eigenvalue weighted by Crippen LogP contribution is 2.44. The van der Waals surface area contributed by atoms with Crippen LogP contribution in [0.3, 0.4) is 0 Å². The number of hydrogen-bond acceptors (Lipinski definition) is 4. The van der Waals surface area contributed by atoms with Crippen LogP contribution in [0, 0.1) is 0 Å². The quantitative estimate of drug-likeness (QED) is 0.617. The molecular formula is C19H20O3S. The number of fused-ring (bicyclic) bond motifs is 1. The van der Waals surface area contributed by atoms with Crippen molar-refractivity contribution in [2.24, 2.45) is 0 Å². The summed E-state index contributed by atoms with van der Waals surface area (Å²) in [7, 11) is 0. The summed E-state index contributed by atoms with van der Waals surface area (Å²) < 4.78 is 7.13. The Balaban J connectivity index is 2.02. The molecular weight excluding hydrogens is 308 g/mol. The molecule has 1 atom stereocenters. The first-order chi connectivity index (χ1) is 11.2. The minimum Gasteiger partial charge on any atom is -0.508 e. The molecule has 3 aromatic rings. The van der Waals surface area contributed by atoms with E-state index in [0.717, 1.165) is 34.2 Å². The highest BCUT2D eigenvalue weighted by molar-refractivity contribution is 7.19. The molecule has 1 heterocycles. The number of benzene rings is 2. The second-order valence-corrected chi connectivity index (χ2v) is 6.63. The van der Waals surface area contributed by atoms with Gasteiger partial charge >= 0.3 is 0 Å². The van der Waals surface area contributed by atoms with Gasteiger partial charge in [-0.25, -0.2) is 0 Å². The SMILES string of the molecule is CCCCC(O)c1sc2ccccc2c1Oc1cccc(O)c1. The molecule has 1 aromatic heterocycles. The molecule has 0 aliphatic carbocycles. The fraction of sp³-hybridized carbons (Fsp3) is 0.263. The van der Waals surface area contributed by atoms with Gasteiger partial charge in [-0.1, -0.05) is 38.0 Å². The van der Waals surface area contributed by atoms with Gasteiger partial charge in [0.15, 0.2) is 5.75 Å². The Morgan fingerprint density at radius 3 is 2.74 bits per heavy atom. The van der Waals surface area contributed by atoms with Gasteiger partial charge in [-0.3, -0.25) is 0 Å². The van der Waals surface area contributed by atoms with Crippen LogP contribution in [0.5, 0.6) is 17.2 Å². The van der Waals surface area contributed by atoms with Gasteiger partial charge in [0, 0.05) is 16.2 Å². The summed E-state index contributed by atoms with van der Waals surface area (Å²) in [4.78, 5) is 0.850. The summed E-state index contributed by atoms with van der Waals surface area (Å²) in [5.41, 5.74) is 0. The summed E-state index contributed by atoms with van der Waals surface area (Å²) >= 11 is 1.57. The zero-order valence-electron chi connectivity index (χ0n) is 13.0. The highest BCUT2D eigenvalue weighted by Gasteiger charge is 2.20. The van der Waals surface area contributed by atoms with Crippen LogP contribution < -0.4 is 4.74 Å². The van der Waals surface area contributed by atoms with Crippen molar-refractivity contribution in [2.75, 3.05) is 0 Å². The lowest BCUT2D eigenvalue weighted by Crippen LogP contribution is -1.97. The molecule has 0 radical (unpaired) electrons. The third kappa shape index (κ3) is 3.49. The first-order valence-corrected chi connectivity index (χ1v) is 8.67. The molecule has 1 unspecified atom stereocenters. The lowest BCUT2D eigenvalue weighted by molar-refractivity contribution is 0.165. The van der Waals surface area contributed by atoms with Crippen LogP contribution in [0.1, 0.15) is 37.2 Å². The maximum Gasteiger partial charge on any atom is 0.151 e. The normalized spacial score (nSPS) is 12.4. The molecule has 0 amide bonds. The molecule has 3 rings (SSSR count). The highest BCUT2D eigenvalue weighted by atomic mass is 32.1. The van der Waals surface area contributed by atoms with E-state index in [9.17, 15) is 10.2 Å². The minimum atomic E-state index is -0.528. The summed E-state index contributed by atoms with van der Waals surface area (Å²) in [6.45, 7) is 2.11. The van der Waals surface area contributed by atoms with Crippen molar-refractivity contribution < 1.29 is 14.9 Å². The van der Waals surface area contributed by atoms with Gasteiger partial charge in [0.05, 0.1) is 11.0 Å². The van der Waals surface area contributed by atoms with Crippen LogP contribution in [0.2, 0.25) is 0 Å². The van der Waals surface area contributed by atoms with Gasteiger partial charge in [0.1, 0.15) is 11.5 Å². The lowest BCUT2D eigenvalue weighted by atomic mass is 10.1. The number of aromatic hydroxyl groups is 1. The van der Waals surface area contributed by atoms with Crippen molar-refractivity contribution in [2.45, 2.75) is 32.3 Å². The zero-order valence-corrected chi connectivity index (χ0v) is 13.8. The average Bonchev–Trinajstić information content (AvgIpc) is 2.91. The van der Waals surface area contributed by atoms with Crippen LogP contribution in [0.15, 0.2) is 48.5 Å². The molecule has 0 aliphatic heterocycles. The van der Waals surface area contributed by atoms with E-state index in [4.69, 9.17) is 4.74 Å². The van der Waals surface area contributed by atoms with Gasteiger partial charge in [-0.15, -0.1) is 11.3 Å². The number of aliphatic hydroxyl groups is 1. The number of thiophene rings is 1. The molecule has 120 valence electrons. The standard InChI is InChI=1S/C19H20O3S/c1-2-3-10-16(21)19-18(15-9-4-5-11-17(15)23-19)22-14-8-6-7-13(20)12-14/h4-9,11-12,16,20-21H,2-3,10H2,1H3. The van der Waals surface area contributed by atoms with E-state index in [-0.39, 0.29) is 5.75 Å². The first kappa shape index (κ1) is 15.8. The molecule has 23 heavy (non-hydrogen) atoms. The Kier molecular flexibility index (Phi) is 4.84. The summed E-state index contributed by atoms with van der Waals surface area (Å²) in [6.07, 6.45) is 2.21. The molecule has 0 bridgehead atoms. The second-order valence-electron chi connectivity index (χ2n) is 5.55. The van der Waals surface area contributed by atoms with E-state index in [1.807, 2.05) is 24.3 Å². The average molecular weight is 328 g/mol. The zero-order chi connectivity index (χ0) is 16.2. The summed E-state index contributed by atoms with van der Waals surface area (Å²) in [6, 6.07) is 14.7. The Bertz CT molecular complexity index is 794. The summed E-state index contributed by atoms with van der Waals surface area (Å²) in [5, 5.41) is 21.2. The van der Waals surface area contributed by atoms with Gasteiger partial charge in [-0.05, 0) is 30.7 Å². The van der Waals surface area contributed by atoms with E-state index in [1.165, 1.54) is 0 Å². The number of hydrogen-bond donors (Lipinski definition) is 2. The largest absolute Gasteiger partial charge is 0.508 e. The maximum absolute atomic E-state index is 10.5. The van der Waals surface area contributed by atoms with Crippen LogP contribution in [-0.2, 0) is 0 Å². The van der Waals surface area contributed by atoms with Crippen molar-refractivity contribution in [3.05, 3.63) is 53.4 Å². The first-order valence-electron chi connectivity index (χ1n) is 7.85. The molecule has 4 heteroatoms. The topological polar surface area (TPSA) is 49.7 Å². The van der Waals surface area contributed by atoms with E-state index in [1.54, 1.807) is 35.6 Å². The van der Waals surface area contributed by atoms with Crippen LogP contribution in [-0.4, -0.2) is 10.2 Å². The molecule has 2 N–H and O–H groups in total. The fourth-order valence-electron chi connectivity index (χ4n) is 2.56. The van der Waals surface area contributed by atoms with Gasteiger partial charge in [0.25, 0.3) is 0 Å². The Morgan fingerprint density at radius 1 is 1.13 bits per heavy atom. The number of rotatable bonds is 6. The van der Waals surface area contributed by atoms with Crippen molar-refractivity contribution in [3.63, 3.8) is 0 Å². The van der Waals surface area contributed by atoms with Crippen molar-refractivity contribution in [3.8, 4) is 17.2 Å². The molecule has 0 saturated carbocycles. The third-order valence-corrected chi connectivity index (χ3v) is 5.00. The van der Waals surface area contributed by atoms with E-state index < -0.39 is 6.10 Å². The minimum absolute atomic E-state index is 0.162. The van der Waals surface area contributed by atoms with E-state index >= 15 is 0 Å². The van der Waals surface area contributed by atoms with Crippen LogP contribution in [0.25, 0.3) is 10.1 Å². The monoisotopic (exact) mass is 328 g/mol. The van der Waals surface area contributed by atoms with Crippen molar-refractivity contribution >= 4 is 21.4 Å². The molecule has 0 spiro atoms. The van der Waals surface area contributed by atoms with Crippen molar-refractivity contribution in [1.29, 1.82) is 0 Å². The van der Waals surface area contributed by atoms with Crippen LogP contribution >= 0.6 is 11.3 Å². The molecule has 3 nitrogen and oxygen atoms in total. The Hall–Kier alpha value is -2.04. The number of phenolic OH excluding ortho intramolecular Hbond substituents is 1. The Labute approximate surface area is 139 Å². The predicted molar refractivity (Wildman–Crippen MR) is 94.5 cm³/mol. The smallest absolute Gasteiger partial charge is 0.151 e. The second kappa shape index (κ2) is 7.02. The maximum atomic E-state index is 10.5. The van der Waals surface area contributed by atoms with Gasteiger partial charge in [0.2, 0.25) is 0 Å². The predicted octanol–water partition coefficient (Wildman–Crippen LogP) is 5.62. The number of aliphatic hydroxyl groups excluding tert-OH is 1. The molecule has 0 aliphatic rings. The molecule has 2 aromatic carbocycles. The van der Waals surface area contributed by atoms with Gasteiger partial charge in [-0.2, -0.15) is 0 Å². The van der Waals surface area contributed by atoms with Crippen LogP contribution in [0.4, 0.5) is 0 Å².